The number of nitrogens with zero attached hydrogens (tertiary/aromatic N) is 3. The van der Waals surface area contributed by atoms with Gasteiger partial charge < -0.3 is 4.90 Å². The maximum atomic E-state index is 13.3. The summed E-state index contributed by atoms with van der Waals surface area (Å²) in [7, 11) is 0. The molecule has 0 unspecified atom stereocenters. The van der Waals surface area contributed by atoms with Crippen molar-refractivity contribution in [3.8, 4) is 16.9 Å². The normalized spacial score (nSPS) is 13.0. The lowest BCUT2D eigenvalue weighted by molar-refractivity contribution is -0.117. The van der Waals surface area contributed by atoms with Crippen LogP contribution in [0.1, 0.15) is 54.1 Å². The van der Waals surface area contributed by atoms with Gasteiger partial charge in [0.05, 0.1) is 5.69 Å². The van der Waals surface area contributed by atoms with Crippen LogP contribution >= 0.6 is 0 Å². The first-order chi connectivity index (χ1) is 17.9. The Morgan fingerprint density at radius 2 is 1.65 bits per heavy atom. The molecule has 188 valence electrons. The first-order valence-corrected chi connectivity index (χ1v) is 12.8. The van der Waals surface area contributed by atoms with Crippen molar-refractivity contribution in [3.05, 3.63) is 102 Å². The molecule has 1 saturated carbocycles. The number of aryl methyl sites for hydroxylation is 1. The molecule has 1 aliphatic rings. The summed E-state index contributed by atoms with van der Waals surface area (Å²) in [6.07, 6.45) is 3.77. The van der Waals surface area contributed by atoms with Gasteiger partial charge in [-0.25, -0.2) is 4.98 Å². The van der Waals surface area contributed by atoms with Crippen LogP contribution in [-0.4, -0.2) is 38.9 Å². The minimum Gasteiger partial charge on any atom is -0.326 e. The molecule has 37 heavy (non-hydrogen) atoms. The zero-order valence-electron chi connectivity index (χ0n) is 21.5. The van der Waals surface area contributed by atoms with E-state index in [1.807, 2.05) is 84.4 Å². The average Bonchev–Trinajstić information content (AvgIpc) is 3.67. The van der Waals surface area contributed by atoms with Gasteiger partial charge >= 0.3 is 0 Å². The molecule has 1 N–H and O–H groups in total. The lowest BCUT2D eigenvalue weighted by Gasteiger charge is -2.23. The fourth-order valence-electron chi connectivity index (χ4n) is 4.47. The van der Waals surface area contributed by atoms with E-state index in [0.717, 1.165) is 35.3 Å². The third-order valence-corrected chi connectivity index (χ3v) is 6.80. The van der Waals surface area contributed by atoms with Crippen molar-refractivity contribution in [1.29, 1.82) is 0 Å². The highest BCUT2D eigenvalue weighted by atomic mass is 16.2. The van der Waals surface area contributed by atoms with E-state index in [-0.39, 0.29) is 24.4 Å². The standard InChI is InChI=1S/C31H32N4O2/c1-21(2)23-13-15-26(16-14-23)35-19-28(24-10-5-4-6-11-24)32-31(35)33-29(36)20-34(25-17-18-25)30(37)27-12-8-7-9-22(27)3/h4-16,19,21,25H,17-18,20H2,1-3H3,(H,32,33,36). The van der Waals surface area contributed by atoms with E-state index >= 15 is 0 Å². The van der Waals surface area contributed by atoms with Gasteiger partial charge in [0.1, 0.15) is 6.54 Å². The van der Waals surface area contributed by atoms with Gasteiger partial charge in [0.15, 0.2) is 0 Å². The minimum atomic E-state index is -0.265. The molecule has 1 fully saturated rings. The average molecular weight is 493 g/mol. The molecule has 0 atom stereocenters. The summed E-state index contributed by atoms with van der Waals surface area (Å²) in [4.78, 5) is 33.1. The maximum Gasteiger partial charge on any atom is 0.254 e. The molecular formula is C31H32N4O2. The molecule has 0 radical (unpaired) electrons. The third-order valence-electron chi connectivity index (χ3n) is 6.80. The molecule has 6 heteroatoms. The lowest BCUT2D eigenvalue weighted by atomic mass is 10.0. The number of hydrogen-bond donors (Lipinski definition) is 1. The largest absolute Gasteiger partial charge is 0.326 e. The highest BCUT2D eigenvalue weighted by Crippen LogP contribution is 2.29. The van der Waals surface area contributed by atoms with Crippen LogP contribution in [0.25, 0.3) is 16.9 Å². The number of anilines is 1. The Kier molecular flexibility index (Phi) is 6.91. The SMILES string of the molecule is Cc1ccccc1C(=O)N(CC(=O)Nc1nc(-c2ccccc2)cn1-c1ccc(C(C)C)cc1)C1CC1. The smallest absolute Gasteiger partial charge is 0.254 e. The molecular weight excluding hydrogens is 460 g/mol. The predicted molar refractivity (Wildman–Crippen MR) is 147 cm³/mol. The van der Waals surface area contributed by atoms with Gasteiger partial charge in [0.2, 0.25) is 11.9 Å². The van der Waals surface area contributed by atoms with E-state index < -0.39 is 0 Å². The highest BCUT2D eigenvalue weighted by Gasteiger charge is 2.35. The molecule has 0 saturated heterocycles. The third kappa shape index (κ3) is 5.48. The van der Waals surface area contributed by atoms with Gasteiger partial charge in [-0.1, -0.05) is 74.5 Å². The van der Waals surface area contributed by atoms with Gasteiger partial charge in [-0.2, -0.15) is 0 Å². The maximum absolute atomic E-state index is 13.3. The summed E-state index contributed by atoms with van der Waals surface area (Å²) in [5, 5.41) is 2.99. The van der Waals surface area contributed by atoms with E-state index in [0.29, 0.717) is 17.4 Å². The van der Waals surface area contributed by atoms with Gasteiger partial charge in [0, 0.05) is 29.1 Å². The van der Waals surface area contributed by atoms with Gasteiger partial charge in [0.25, 0.3) is 5.91 Å². The molecule has 4 aromatic rings. The zero-order valence-corrected chi connectivity index (χ0v) is 21.5. The van der Waals surface area contributed by atoms with E-state index in [4.69, 9.17) is 4.98 Å². The number of rotatable bonds is 8. The Balaban J connectivity index is 1.42. The second kappa shape index (κ2) is 10.4. The van der Waals surface area contributed by atoms with Gasteiger partial charge in [-0.3, -0.25) is 19.5 Å². The number of imidazole rings is 1. The van der Waals surface area contributed by atoms with Gasteiger partial charge in [-0.15, -0.1) is 0 Å². The lowest BCUT2D eigenvalue weighted by Crippen LogP contribution is -2.40. The summed E-state index contributed by atoms with van der Waals surface area (Å²) in [5.41, 5.74) is 5.42. The van der Waals surface area contributed by atoms with Crippen molar-refractivity contribution in [1.82, 2.24) is 14.5 Å². The van der Waals surface area contributed by atoms with Crippen LogP contribution in [0, 0.1) is 6.92 Å². The molecule has 1 heterocycles. The molecule has 0 aliphatic heterocycles. The number of carbonyl (C=O) groups excluding carboxylic acids is 2. The van der Waals surface area contributed by atoms with E-state index in [1.54, 1.807) is 4.90 Å². The summed E-state index contributed by atoms with van der Waals surface area (Å²) in [5.74, 6) is 0.489. The van der Waals surface area contributed by atoms with Gasteiger partial charge in [-0.05, 0) is 55.0 Å². The molecule has 5 rings (SSSR count). The summed E-state index contributed by atoms with van der Waals surface area (Å²) in [6.45, 7) is 6.23. The van der Waals surface area contributed by atoms with E-state index in [1.165, 1.54) is 5.56 Å². The summed E-state index contributed by atoms with van der Waals surface area (Å²) < 4.78 is 1.90. The van der Waals surface area contributed by atoms with Crippen molar-refractivity contribution in [3.63, 3.8) is 0 Å². The molecule has 6 nitrogen and oxygen atoms in total. The Morgan fingerprint density at radius 1 is 0.973 bits per heavy atom. The van der Waals surface area contributed by atoms with Crippen LogP contribution in [0.5, 0.6) is 0 Å². The number of nitrogens with one attached hydrogen (secondary N) is 1. The van der Waals surface area contributed by atoms with Crippen molar-refractivity contribution in [2.24, 2.45) is 0 Å². The Hall–Kier alpha value is -4.19. The topological polar surface area (TPSA) is 67.2 Å². The highest BCUT2D eigenvalue weighted by molar-refractivity contribution is 6.00. The molecule has 0 spiro atoms. The first kappa shape index (κ1) is 24.5. The summed E-state index contributed by atoms with van der Waals surface area (Å²) in [6, 6.07) is 25.8. The van der Waals surface area contributed by atoms with Crippen molar-refractivity contribution < 1.29 is 9.59 Å². The van der Waals surface area contributed by atoms with Crippen LogP contribution in [0.2, 0.25) is 0 Å². The zero-order chi connectivity index (χ0) is 25.9. The fraction of sp³-hybridized carbons (Fsp3) is 0.258. The number of aromatic nitrogens is 2. The van der Waals surface area contributed by atoms with Crippen molar-refractivity contribution >= 4 is 17.8 Å². The van der Waals surface area contributed by atoms with Crippen LogP contribution < -0.4 is 5.32 Å². The van der Waals surface area contributed by atoms with Crippen LogP contribution in [0.15, 0.2) is 85.1 Å². The molecule has 1 aromatic heterocycles. The minimum absolute atomic E-state index is 0.0162. The van der Waals surface area contributed by atoms with Crippen molar-refractivity contribution in [2.45, 2.75) is 45.6 Å². The number of carbonyl (C=O) groups is 2. The number of benzene rings is 3. The number of hydrogen-bond acceptors (Lipinski definition) is 3. The van der Waals surface area contributed by atoms with Crippen LogP contribution in [0.3, 0.4) is 0 Å². The van der Waals surface area contributed by atoms with Crippen LogP contribution in [0.4, 0.5) is 5.95 Å². The van der Waals surface area contributed by atoms with Crippen molar-refractivity contribution in [2.75, 3.05) is 11.9 Å². The predicted octanol–water partition coefficient (Wildman–Crippen LogP) is 6.21. The number of amides is 2. The van der Waals surface area contributed by atoms with E-state index in [9.17, 15) is 9.59 Å². The van der Waals surface area contributed by atoms with E-state index in [2.05, 4.69) is 31.3 Å². The Bertz CT molecular complexity index is 1400. The Morgan fingerprint density at radius 3 is 2.30 bits per heavy atom. The second-order valence-corrected chi connectivity index (χ2v) is 9.96. The first-order valence-electron chi connectivity index (χ1n) is 12.8. The second-order valence-electron chi connectivity index (χ2n) is 9.96. The molecule has 0 bridgehead atoms. The Labute approximate surface area is 218 Å². The fourth-order valence-corrected chi connectivity index (χ4v) is 4.47. The quantitative estimate of drug-likeness (QED) is 0.318. The molecule has 1 aliphatic carbocycles. The monoisotopic (exact) mass is 492 g/mol. The van der Waals surface area contributed by atoms with Crippen LogP contribution in [-0.2, 0) is 4.79 Å². The molecule has 3 aromatic carbocycles. The molecule has 2 amide bonds. The summed E-state index contributed by atoms with van der Waals surface area (Å²) >= 11 is 0.